The minimum atomic E-state index is 0.0322. The Morgan fingerprint density at radius 2 is 1.88 bits per heavy atom. The number of hydrogen-bond donors (Lipinski definition) is 1. The highest BCUT2D eigenvalue weighted by atomic mass is 16.2. The van der Waals surface area contributed by atoms with Crippen LogP contribution in [0.25, 0.3) is 0 Å². The summed E-state index contributed by atoms with van der Waals surface area (Å²) in [5.74, 6) is 0.514. The second-order valence-corrected chi connectivity index (χ2v) is 6.55. The second kappa shape index (κ2) is 3.14. The number of rotatable bonds is 2. The summed E-state index contributed by atoms with van der Waals surface area (Å²) < 4.78 is 0. The van der Waals surface area contributed by atoms with E-state index in [1.54, 1.807) is 0 Å². The fraction of sp³-hybridized carbons (Fsp3) is 0.923. The van der Waals surface area contributed by atoms with Gasteiger partial charge in [0, 0.05) is 23.0 Å². The van der Waals surface area contributed by atoms with E-state index in [-0.39, 0.29) is 23.0 Å². The molecular formula is C13H24N2O. The predicted molar refractivity (Wildman–Crippen MR) is 65.3 cm³/mol. The molecule has 0 aromatic heterocycles. The molecule has 3 unspecified atom stereocenters. The van der Waals surface area contributed by atoms with E-state index in [9.17, 15) is 4.79 Å². The number of hydrogen-bond acceptors (Lipinski definition) is 1. The lowest BCUT2D eigenvalue weighted by Crippen LogP contribution is -2.63. The van der Waals surface area contributed by atoms with Gasteiger partial charge in [-0.2, -0.15) is 0 Å². The zero-order valence-corrected chi connectivity index (χ0v) is 11.3. The van der Waals surface area contributed by atoms with Crippen molar-refractivity contribution < 1.29 is 4.79 Å². The number of urea groups is 1. The molecule has 0 spiro atoms. The van der Waals surface area contributed by atoms with Gasteiger partial charge in [0.2, 0.25) is 0 Å². The van der Waals surface area contributed by atoms with Gasteiger partial charge in [-0.3, -0.25) is 0 Å². The monoisotopic (exact) mass is 224 g/mol. The van der Waals surface area contributed by atoms with Crippen molar-refractivity contribution in [3.8, 4) is 0 Å². The van der Waals surface area contributed by atoms with Crippen LogP contribution < -0.4 is 5.32 Å². The van der Waals surface area contributed by atoms with Gasteiger partial charge in [0.1, 0.15) is 0 Å². The summed E-state index contributed by atoms with van der Waals surface area (Å²) in [4.78, 5) is 14.2. The summed E-state index contributed by atoms with van der Waals surface area (Å²) in [5, 5.41) is 3.17. The summed E-state index contributed by atoms with van der Waals surface area (Å²) in [7, 11) is 0. The molecule has 3 atom stereocenters. The molecule has 1 aliphatic carbocycles. The first-order valence-electron chi connectivity index (χ1n) is 6.33. The first-order chi connectivity index (χ1) is 7.23. The van der Waals surface area contributed by atoms with E-state index in [1.165, 1.54) is 0 Å². The van der Waals surface area contributed by atoms with Crippen molar-refractivity contribution in [2.45, 2.75) is 65.6 Å². The summed E-state index contributed by atoms with van der Waals surface area (Å²) >= 11 is 0. The second-order valence-electron chi connectivity index (χ2n) is 6.55. The SMILES string of the molecule is CC(C)C1N(C(C)C)C(=O)NC2(C)CC12C. The Morgan fingerprint density at radius 1 is 1.31 bits per heavy atom. The van der Waals surface area contributed by atoms with E-state index in [4.69, 9.17) is 0 Å². The average Bonchev–Trinajstić information content (AvgIpc) is 2.63. The molecule has 3 nitrogen and oxygen atoms in total. The number of nitrogens with zero attached hydrogens (tertiary/aromatic N) is 1. The largest absolute Gasteiger partial charge is 0.332 e. The fourth-order valence-corrected chi connectivity index (χ4v) is 3.65. The van der Waals surface area contributed by atoms with Gasteiger partial charge >= 0.3 is 6.03 Å². The van der Waals surface area contributed by atoms with Crippen LogP contribution in [0.5, 0.6) is 0 Å². The topological polar surface area (TPSA) is 32.3 Å². The van der Waals surface area contributed by atoms with Crippen molar-refractivity contribution in [2.24, 2.45) is 11.3 Å². The van der Waals surface area contributed by atoms with Crippen LogP contribution in [0.3, 0.4) is 0 Å². The minimum absolute atomic E-state index is 0.0322. The molecule has 0 aromatic rings. The van der Waals surface area contributed by atoms with Gasteiger partial charge in [0.25, 0.3) is 0 Å². The lowest BCUT2D eigenvalue weighted by Gasteiger charge is -2.47. The average molecular weight is 224 g/mol. The zero-order chi connectivity index (χ0) is 12.3. The van der Waals surface area contributed by atoms with Crippen LogP contribution in [-0.2, 0) is 0 Å². The highest BCUT2D eigenvalue weighted by Gasteiger charge is 2.70. The predicted octanol–water partition coefficient (Wildman–Crippen LogP) is 2.61. The quantitative estimate of drug-likeness (QED) is 0.768. The molecule has 16 heavy (non-hydrogen) atoms. The van der Waals surface area contributed by atoms with Crippen molar-refractivity contribution >= 4 is 6.03 Å². The van der Waals surface area contributed by atoms with Crippen LogP contribution in [0.4, 0.5) is 4.79 Å². The summed E-state index contributed by atoms with van der Waals surface area (Å²) in [6.07, 6.45) is 1.11. The van der Waals surface area contributed by atoms with Gasteiger partial charge < -0.3 is 10.2 Å². The van der Waals surface area contributed by atoms with E-state index in [0.717, 1.165) is 6.42 Å². The smallest absolute Gasteiger partial charge is 0.318 e. The first-order valence-corrected chi connectivity index (χ1v) is 6.33. The Bertz CT molecular complexity index is 326. The molecule has 2 rings (SSSR count). The van der Waals surface area contributed by atoms with Crippen LogP contribution in [0.2, 0.25) is 0 Å². The molecule has 2 amide bonds. The molecule has 2 aliphatic rings. The van der Waals surface area contributed by atoms with Crippen LogP contribution in [0.1, 0.15) is 48.0 Å². The molecule has 0 radical (unpaired) electrons. The van der Waals surface area contributed by atoms with E-state index in [0.29, 0.717) is 12.0 Å². The van der Waals surface area contributed by atoms with Crippen molar-refractivity contribution in [1.29, 1.82) is 0 Å². The Kier molecular flexibility index (Phi) is 2.31. The lowest BCUT2D eigenvalue weighted by molar-refractivity contribution is 0.0578. The van der Waals surface area contributed by atoms with Gasteiger partial charge in [-0.05, 0) is 33.1 Å². The number of carbonyl (C=O) groups excluding carboxylic acids is 1. The summed E-state index contributed by atoms with van der Waals surface area (Å²) in [6.45, 7) is 13.1. The summed E-state index contributed by atoms with van der Waals surface area (Å²) in [6, 6.07) is 0.756. The van der Waals surface area contributed by atoms with Crippen molar-refractivity contribution in [3.63, 3.8) is 0 Å². The molecule has 0 aromatic carbocycles. The Labute approximate surface area is 98.6 Å². The summed E-state index contributed by atoms with van der Waals surface area (Å²) in [5.41, 5.74) is 0.282. The maximum absolute atomic E-state index is 12.1. The van der Waals surface area contributed by atoms with Gasteiger partial charge in [-0.1, -0.05) is 20.8 Å². The zero-order valence-electron chi connectivity index (χ0n) is 11.3. The van der Waals surface area contributed by atoms with Gasteiger partial charge in [-0.15, -0.1) is 0 Å². The Hall–Kier alpha value is -0.730. The first kappa shape index (κ1) is 11.7. The molecule has 1 aliphatic heterocycles. The number of amides is 2. The molecule has 0 bridgehead atoms. The Balaban J connectivity index is 2.36. The van der Waals surface area contributed by atoms with Crippen LogP contribution in [-0.4, -0.2) is 28.6 Å². The number of carbonyl (C=O) groups is 1. The molecular weight excluding hydrogens is 200 g/mol. The standard InChI is InChI=1S/C13H24N2O/c1-8(2)10-12(5)7-13(12,6)14-11(16)15(10)9(3)4/h8-10H,7H2,1-6H3,(H,14,16). The molecule has 1 N–H and O–H groups in total. The van der Waals surface area contributed by atoms with E-state index >= 15 is 0 Å². The molecule has 1 heterocycles. The van der Waals surface area contributed by atoms with E-state index in [2.05, 4.69) is 46.9 Å². The highest BCUT2D eigenvalue weighted by Crippen LogP contribution is 2.62. The Morgan fingerprint density at radius 3 is 2.31 bits per heavy atom. The van der Waals surface area contributed by atoms with Gasteiger partial charge in [0.05, 0.1) is 0 Å². The normalized spacial score (nSPS) is 42.4. The van der Waals surface area contributed by atoms with Crippen molar-refractivity contribution in [2.75, 3.05) is 0 Å². The molecule has 92 valence electrons. The maximum Gasteiger partial charge on any atom is 0.318 e. The maximum atomic E-state index is 12.1. The number of fused-ring (bicyclic) bond motifs is 1. The highest BCUT2D eigenvalue weighted by molar-refractivity contribution is 5.79. The minimum Gasteiger partial charge on any atom is -0.332 e. The van der Waals surface area contributed by atoms with Gasteiger partial charge in [-0.25, -0.2) is 4.79 Å². The third-order valence-electron chi connectivity index (χ3n) is 4.61. The lowest BCUT2D eigenvalue weighted by atomic mass is 9.82. The molecule has 3 heteroatoms. The molecule has 1 saturated heterocycles. The third-order valence-corrected chi connectivity index (χ3v) is 4.61. The third kappa shape index (κ3) is 1.30. The molecule has 2 fully saturated rings. The molecule has 1 saturated carbocycles. The van der Waals surface area contributed by atoms with E-state index in [1.807, 2.05) is 4.90 Å². The van der Waals surface area contributed by atoms with Gasteiger partial charge in [0.15, 0.2) is 0 Å². The van der Waals surface area contributed by atoms with Crippen molar-refractivity contribution in [1.82, 2.24) is 10.2 Å². The van der Waals surface area contributed by atoms with Crippen molar-refractivity contribution in [3.05, 3.63) is 0 Å². The number of nitrogens with one attached hydrogen (secondary N) is 1. The van der Waals surface area contributed by atoms with E-state index < -0.39 is 0 Å². The van der Waals surface area contributed by atoms with Crippen LogP contribution >= 0.6 is 0 Å². The van der Waals surface area contributed by atoms with Crippen LogP contribution in [0, 0.1) is 11.3 Å². The van der Waals surface area contributed by atoms with Crippen LogP contribution in [0.15, 0.2) is 0 Å². The fourth-order valence-electron chi connectivity index (χ4n) is 3.65.